The molecule has 0 aliphatic carbocycles. The predicted octanol–water partition coefficient (Wildman–Crippen LogP) is 2.36. The van der Waals surface area contributed by atoms with Gasteiger partial charge in [0, 0.05) is 5.92 Å². The molecule has 3 heterocycles. The second-order valence-corrected chi connectivity index (χ2v) is 6.26. The van der Waals surface area contributed by atoms with Gasteiger partial charge in [0.25, 0.3) is 5.56 Å². The fraction of sp³-hybridized carbons (Fsp3) is 0.692. The quantitative estimate of drug-likeness (QED) is 0.842. The van der Waals surface area contributed by atoms with Gasteiger partial charge in [-0.1, -0.05) is 13.3 Å². The first-order chi connectivity index (χ1) is 8.69. The van der Waals surface area contributed by atoms with Gasteiger partial charge in [-0.25, -0.2) is 4.98 Å². The van der Waals surface area contributed by atoms with E-state index in [1.165, 1.54) is 0 Å². The van der Waals surface area contributed by atoms with Gasteiger partial charge in [0.05, 0.1) is 21.5 Å². The van der Waals surface area contributed by atoms with Crippen molar-refractivity contribution >= 4 is 22.6 Å². The van der Waals surface area contributed by atoms with Gasteiger partial charge in [0.2, 0.25) is 0 Å². The first kappa shape index (κ1) is 12.6. The zero-order chi connectivity index (χ0) is 12.7. The number of ether oxygens (including phenoxy) is 1. The SMILES string of the molecule is CCCc1nc(C2CC3CCC2O3)[nH]c(=O)c1I. The Kier molecular flexibility index (Phi) is 3.44. The Bertz CT molecular complexity index is 514. The largest absolute Gasteiger partial charge is 0.374 e. The molecule has 2 saturated heterocycles. The van der Waals surface area contributed by atoms with Crippen LogP contribution in [-0.2, 0) is 11.2 Å². The van der Waals surface area contributed by atoms with Gasteiger partial charge >= 0.3 is 0 Å². The predicted molar refractivity (Wildman–Crippen MR) is 76.8 cm³/mol. The number of nitrogens with zero attached hydrogens (tertiary/aromatic N) is 1. The first-order valence-corrected chi connectivity index (χ1v) is 7.71. The molecule has 2 aliphatic heterocycles. The maximum absolute atomic E-state index is 12.0. The first-order valence-electron chi connectivity index (χ1n) is 6.63. The Labute approximate surface area is 120 Å². The molecule has 2 fully saturated rings. The Morgan fingerprint density at radius 1 is 1.50 bits per heavy atom. The molecule has 3 rings (SSSR count). The van der Waals surface area contributed by atoms with Gasteiger partial charge < -0.3 is 9.72 Å². The average molecular weight is 360 g/mol. The Hall–Kier alpha value is -0.430. The van der Waals surface area contributed by atoms with E-state index in [1.54, 1.807) is 0 Å². The molecule has 3 atom stereocenters. The average Bonchev–Trinajstić information content (AvgIpc) is 2.97. The molecule has 0 radical (unpaired) electrons. The van der Waals surface area contributed by atoms with Gasteiger partial charge in [-0.3, -0.25) is 4.79 Å². The van der Waals surface area contributed by atoms with E-state index in [0.717, 1.165) is 47.2 Å². The minimum Gasteiger partial charge on any atom is -0.374 e. The third-order valence-electron chi connectivity index (χ3n) is 3.89. The van der Waals surface area contributed by atoms with Crippen molar-refractivity contribution in [2.75, 3.05) is 0 Å². The van der Waals surface area contributed by atoms with Crippen molar-refractivity contribution in [3.8, 4) is 0 Å². The number of fused-ring (bicyclic) bond motifs is 2. The van der Waals surface area contributed by atoms with Crippen LogP contribution in [0.4, 0.5) is 0 Å². The Morgan fingerprint density at radius 2 is 2.33 bits per heavy atom. The summed E-state index contributed by atoms with van der Waals surface area (Å²) < 4.78 is 6.58. The van der Waals surface area contributed by atoms with Gasteiger partial charge in [-0.2, -0.15) is 0 Å². The van der Waals surface area contributed by atoms with Crippen molar-refractivity contribution in [2.24, 2.45) is 0 Å². The molecule has 0 aromatic carbocycles. The summed E-state index contributed by atoms with van der Waals surface area (Å²) >= 11 is 2.09. The van der Waals surface area contributed by atoms with E-state index in [9.17, 15) is 4.79 Å². The highest BCUT2D eigenvalue weighted by Gasteiger charge is 2.42. The highest BCUT2D eigenvalue weighted by Crippen LogP contribution is 2.43. The number of aryl methyl sites for hydroxylation is 1. The molecular weight excluding hydrogens is 343 g/mol. The summed E-state index contributed by atoms with van der Waals surface area (Å²) in [6.45, 7) is 2.11. The maximum atomic E-state index is 12.0. The topological polar surface area (TPSA) is 55.0 Å². The molecule has 1 aromatic heterocycles. The molecule has 2 aliphatic rings. The normalized spacial score (nSPS) is 30.0. The third-order valence-corrected chi connectivity index (χ3v) is 5.01. The van der Waals surface area contributed by atoms with E-state index in [0.29, 0.717) is 12.0 Å². The van der Waals surface area contributed by atoms with Crippen LogP contribution in [0.1, 0.15) is 50.0 Å². The monoisotopic (exact) mass is 360 g/mol. The van der Waals surface area contributed by atoms with Crippen LogP contribution >= 0.6 is 22.6 Å². The van der Waals surface area contributed by atoms with Crippen molar-refractivity contribution in [3.63, 3.8) is 0 Å². The number of nitrogens with one attached hydrogen (secondary N) is 1. The number of hydrogen-bond acceptors (Lipinski definition) is 3. The van der Waals surface area contributed by atoms with E-state index < -0.39 is 0 Å². The molecule has 5 heteroatoms. The van der Waals surface area contributed by atoms with E-state index in [4.69, 9.17) is 4.74 Å². The standard InChI is InChI=1S/C13H17IN2O2/c1-2-3-9-11(14)13(17)16-12(15-9)8-6-7-4-5-10(8)18-7/h7-8,10H,2-6H2,1H3,(H,15,16,17). The van der Waals surface area contributed by atoms with Crippen LogP contribution in [0.3, 0.4) is 0 Å². The fourth-order valence-electron chi connectivity index (χ4n) is 3.03. The third kappa shape index (κ3) is 2.11. The maximum Gasteiger partial charge on any atom is 0.264 e. The lowest BCUT2D eigenvalue weighted by Gasteiger charge is -2.18. The molecule has 18 heavy (non-hydrogen) atoms. The highest BCUT2D eigenvalue weighted by atomic mass is 127. The van der Waals surface area contributed by atoms with Crippen molar-refractivity contribution in [3.05, 3.63) is 25.4 Å². The molecule has 1 aromatic rings. The van der Waals surface area contributed by atoms with E-state index in [2.05, 4.69) is 39.5 Å². The Morgan fingerprint density at radius 3 is 2.94 bits per heavy atom. The van der Waals surface area contributed by atoms with E-state index in [-0.39, 0.29) is 11.7 Å². The minimum absolute atomic E-state index is 0.00632. The second kappa shape index (κ2) is 4.92. The number of H-pyrrole nitrogens is 1. The molecule has 98 valence electrons. The van der Waals surface area contributed by atoms with Crippen molar-refractivity contribution in [2.45, 2.75) is 57.2 Å². The smallest absolute Gasteiger partial charge is 0.264 e. The van der Waals surface area contributed by atoms with Crippen LogP contribution in [-0.4, -0.2) is 22.2 Å². The summed E-state index contributed by atoms with van der Waals surface area (Å²) in [4.78, 5) is 19.6. The highest BCUT2D eigenvalue weighted by molar-refractivity contribution is 14.1. The number of rotatable bonds is 3. The zero-order valence-corrected chi connectivity index (χ0v) is 12.6. The number of hydrogen-bond donors (Lipinski definition) is 1. The summed E-state index contributed by atoms with van der Waals surface area (Å²) in [7, 11) is 0. The summed E-state index contributed by atoms with van der Waals surface area (Å²) in [6, 6.07) is 0. The van der Waals surface area contributed by atoms with Gasteiger partial charge in [-0.15, -0.1) is 0 Å². The molecule has 0 saturated carbocycles. The molecule has 1 N–H and O–H groups in total. The minimum atomic E-state index is 0.00632. The van der Waals surface area contributed by atoms with E-state index >= 15 is 0 Å². The summed E-state index contributed by atoms with van der Waals surface area (Å²) in [5, 5.41) is 0. The van der Waals surface area contributed by atoms with Crippen LogP contribution in [0, 0.1) is 3.57 Å². The van der Waals surface area contributed by atoms with Gasteiger partial charge in [0.1, 0.15) is 5.82 Å². The molecule has 3 unspecified atom stereocenters. The molecule has 0 spiro atoms. The lowest BCUT2D eigenvalue weighted by Crippen LogP contribution is -2.24. The van der Waals surface area contributed by atoms with Crippen LogP contribution in [0.25, 0.3) is 0 Å². The number of halogens is 1. The lowest BCUT2D eigenvalue weighted by molar-refractivity contribution is 0.0998. The molecule has 2 bridgehead atoms. The molecule has 4 nitrogen and oxygen atoms in total. The van der Waals surface area contributed by atoms with E-state index in [1.807, 2.05) is 0 Å². The summed E-state index contributed by atoms with van der Waals surface area (Å²) in [5.41, 5.74) is 0.950. The van der Waals surface area contributed by atoms with Gasteiger partial charge in [0.15, 0.2) is 0 Å². The Balaban J connectivity index is 1.95. The second-order valence-electron chi connectivity index (χ2n) is 5.18. The number of aromatic amines is 1. The van der Waals surface area contributed by atoms with Crippen LogP contribution in [0.15, 0.2) is 4.79 Å². The molecule has 0 amide bonds. The summed E-state index contributed by atoms with van der Waals surface area (Å²) in [5.74, 6) is 1.14. The van der Waals surface area contributed by atoms with Crippen molar-refractivity contribution < 1.29 is 4.74 Å². The van der Waals surface area contributed by atoms with Crippen molar-refractivity contribution in [1.29, 1.82) is 0 Å². The van der Waals surface area contributed by atoms with Crippen molar-refractivity contribution in [1.82, 2.24) is 9.97 Å². The van der Waals surface area contributed by atoms with Crippen LogP contribution < -0.4 is 5.56 Å². The summed E-state index contributed by atoms with van der Waals surface area (Å²) in [6.07, 6.45) is 5.83. The zero-order valence-electron chi connectivity index (χ0n) is 10.4. The molecular formula is C13H17IN2O2. The van der Waals surface area contributed by atoms with Crippen LogP contribution in [0.2, 0.25) is 0 Å². The lowest BCUT2D eigenvalue weighted by atomic mass is 9.88. The fourth-order valence-corrected chi connectivity index (χ4v) is 3.55. The van der Waals surface area contributed by atoms with Crippen LogP contribution in [0.5, 0.6) is 0 Å². The number of aromatic nitrogens is 2. The van der Waals surface area contributed by atoms with Gasteiger partial charge in [-0.05, 0) is 48.3 Å².